The van der Waals surface area contributed by atoms with Crippen LogP contribution in [0.2, 0.25) is 0 Å². The van der Waals surface area contributed by atoms with Crippen molar-refractivity contribution in [1.82, 2.24) is 19.5 Å². The fraction of sp³-hybridized carbons (Fsp3) is 0. The fourth-order valence-electron chi connectivity index (χ4n) is 7.09. The summed E-state index contributed by atoms with van der Waals surface area (Å²) < 4.78 is 8.94. The second-order valence-corrected chi connectivity index (χ2v) is 12.0. The van der Waals surface area contributed by atoms with Crippen molar-refractivity contribution in [3.63, 3.8) is 0 Å². The molecule has 0 aliphatic rings. The van der Waals surface area contributed by atoms with E-state index in [9.17, 15) is 0 Å². The van der Waals surface area contributed by atoms with Crippen LogP contribution in [0.25, 0.3) is 94.4 Å². The van der Waals surface area contributed by atoms with Crippen LogP contribution in [0.4, 0.5) is 0 Å². The van der Waals surface area contributed by atoms with Gasteiger partial charge in [0, 0.05) is 50.0 Å². The number of furan rings is 1. The van der Waals surface area contributed by atoms with Crippen molar-refractivity contribution in [3.8, 4) is 39.9 Å². The largest absolute Gasteiger partial charge is 0.456 e. The summed E-state index contributed by atoms with van der Waals surface area (Å²) in [6, 6.07) is 54.4. The molecule has 10 aromatic rings. The second kappa shape index (κ2) is 10.5. The summed E-state index contributed by atoms with van der Waals surface area (Å²) in [5.74, 6) is 1.87. The summed E-state index contributed by atoms with van der Waals surface area (Å²) in [6.45, 7) is 0. The van der Waals surface area contributed by atoms with Crippen molar-refractivity contribution >= 4 is 54.5 Å². The van der Waals surface area contributed by atoms with Gasteiger partial charge < -0.3 is 8.98 Å². The molecular weight excluding hydrogens is 589 g/mol. The van der Waals surface area contributed by atoms with Gasteiger partial charge in [-0.05, 0) is 41.1 Å². The first-order valence-electron chi connectivity index (χ1n) is 16.0. The van der Waals surface area contributed by atoms with Gasteiger partial charge in [0.1, 0.15) is 11.2 Å². The van der Waals surface area contributed by atoms with Gasteiger partial charge in [-0.3, -0.25) is 0 Å². The zero-order valence-electron chi connectivity index (χ0n) is 25.7. The molecule has 10 rings (SSSR count). The highest BCUT2D eigenvalue weighted by molar-refractivity contribution is 6.21. The number of rotatable bonds is 4. The number of benzene rings is 7. The Kier molecular flexibility index (Phi) is 5.81. The Hall–Kier alpha value is -6.59. The molecule has 0 spiro atoms. The second-order valence-electron chi connectivity index (χ2n) is 12.0. The highest BCUT2D eigenvalue weighted by Crippen LogP contribution is 2.40. The summed E-state index contributed by atoms with van der Waals surface area (Å²) in [7, 11) is 0. The van der Waals surface area contributed by atoms with E-state index in [1.165, 1.54) is 21.5 Å². The lowest BCUT2D eigenvalue weighted by Crippen LogP contribution is -2.00. The summed E-state index contributed by atoms with van der Waals surface area (Å²) in [5, 5.41) is 6.97. The summed E-state index contributed by atoms with van der Waals surface area (Å²) in [5.41, 5.74) is 7.74. The smallest absolute Gasteiger partial charge is 0.164 e. The maximum absolute atomic E-state index is 6.59. The van der Waals surface area contributed by atoms with E-state index < -0.39 is 0 Å². The third-order valence-corrected chi connectivity index (χ3v) is 9.24. The SMILES string of the molecule is c1ccc(-c2nc(-c3ccccc3)nc(-c3cccc4oc5cc(-n6c7ccccc7c7c8ccccc8ccc76)ccc5c34)n2)cc1. The van der Waals surface area contributed by atoms with Gasteiger partial charge >= 0.3 is 0 Å². The predicted molar refractivity (Wildman–Crippen MR) is 195 cm³/mol. The molecule has 224 valence electrons. The zero-order valence-corrected chi connectivity index (χ0v) is 25.7. The lowest BCUT2D eigenvalue weighted by atomic mass is 10.0. The molecule has 0 saturated heterocycles. The van der Waals surface area contributed by atoms with Crippen LogP contribution in [-0.4, -0.2) is 19.5 Å². The van der Waals surface area contributed by atoms with Crippen LogP contribution in [-0.2, 0) is 0 Å². The number of fused-ring (bicyclic) bond motifs is 8. The third kappa shape index (κ3) is 4.08. The van der Waals surface area contributed by atoms with E-state index in [2.05, 4.69) is 89.5 Å². The minimum atomic E-state index is 0.606. The molecular formula is C43H26N4O. The molecule has 0 atom stereocenters. The van der Waals surface area contributed by atoms with Crippen LogP contribution in [0, 0.1) is 0 Å². The van der Waals surface area contributed by atoms with Gasteiger partial charge in [0.05, 0.1) is 11.0 Å². The maximum Gasteiger partial charge on any atom is 0.164 e. The molecule has 7 aromatic carbocycles. The van der Waals surface area contributed by atoms with Gasteiger partial charge in [-0.25, -0.2) is 15.0 Å². The lowest BCUT2D eigenvalue weighted by molar-refractivity contribution is 0.668. The monoisotopic (exact) mass is 614 g/mol. The fourth-order valence-corrected chi connectivity index (χ4v) is 7.09. The molecule has 3 heterocycles. The van der Waals surface area contributed by atoms with E-state index in [0.29, 0.717) is 17.5 Å². The number of aromatic nitrogens is 4. The van der Waals surface area contributed by atoms with Crippen LogP contribution in [0.15, 0.2) is 162 Å². The molecule has 0 saturated carbocycles. The maximum atomic E-state index is 6.59. The molecule has 0 bridgehead atoms. The molecule has 5 heteroatoms. The molecule has 0 fully saturated rings. The van der Waals surface area contributed by atoms with Crippen molar-refractivity contribution in [2.75, 3.05) is 0 Å². The number of para-hydroxylation sites is 1. The minimum absolute atomic E-state index is 0.606. The normalized spacial score (nSPS) is 11.8. The van der Waals surface area contributed by atoms with Crippen molar-refractivity contribution < 1.29 is 4.42 Å². The first-order valence-corrected chi connectivity index (χ1v) is 16.0. The topological polar surface area (TPSA) is 56.7 Å². The van der Waals surface area contributed by atoms with Crippen molar-refractivity contribution in [3.05, 3.63) is 158 Å². The average molecular weight is 615 g/mol. The standard InChI is InChI=1S/C43H26N4O/c1-3-13-28(14-4-1)41-44-42(29-15-5-2-6-16-29)46-43(45-41)34-19-11-21-37-40(34)33-24-23-30(26-38(33)48-37)47-35-20-10-9-18-32(35)39-31-17-8-7-12-27(31)22-25-36(39)47/h1-26H. The van der Waals surface area contributed by atoms with Gasteiger partial charge in [-0.1, -0.05) is 121 Å². The Balaban J connectivity index is 1.19. The zero-order chi connectivity index (χ0) is 31.6. The van der Waals surface area contributed by atoms with E-state index in [4.69, 9.17) is 19.4 Å². The van der Waals surface area contributed by atoms with Gasteiger partial charge in [0.25, 0.3) is 0 Å². The number of hydrogen-bond acceptors (Lipinski definition) is 4. The minimum Gasteiger partial charge on any atom is -0.456 e. The van der Waals surface area contributed by atoms with Crippen LogP contribution in [0.1, 0.15) is 0 Å². The van der Waals surface area contributed by atoms with E-state index in [0.717, 1.165) is 55.3 Å². The Bertz CT molecular complexity index is 2780. The molecule has 48 heavy (non-hydrogen) atoms. The van der Waals surface area contributed by atoms with Crippen molar-refractivity contribution in [2.45, 2.75) is 0 Å². The summed E-state index contributed by atoms with van der Waals surface area (Å²) in [6.07, 6.45) is 0. The Labute approximate surface area is 275 Å². The summed E-state index contributed by atoms with van der Waals surface area (Å²) in [4.78, 5) is 14.9. The Morgan fingerprint density at radius 2 is 1.08 bits per heavy atom. The molecule has 0 aliphatic carbocycles. The molecule has 0 amide bonds. The quantitative estimate of drug-likeness (QED) is 0.198. The molecule has 0 N–H and O–H groups in total. The van der Waals surface area contributed by atoms with Crippen molar-refractivity contribution in [1.29, 1.82) is 0 Å². The van der Waals surface area contributed by atoms with Crippen molar-refractivity contribution in [2.24, 2.45) is 0 Å². The van der Waals surface area contributed by atoms with Gasteiger partial charge in [0.15, 0.2) is 17.5 Å². The lowest BCUT2D eigenvalue weighted by Gasteiger charge is -2.09. The molecule has 5 nitrogen and oxygen atoms in total. The van der Waals surface area contributed by atoms with E-state index in [1.54, 1.807) is 0 Å². The van der Waals surface area contributed by atoms with Crippen LogP contribution in [0.3, 0.4) is 0 Å². The molecule has 0 aliphatic heterocycles. The molecule has 0 unspecified atom stereocenters. The first kappa shape index (κ1) is 26.6. The van der Waals surface area contributed by atoms with Gasteiger partial charge in [0.2, 0.25) is 0 Å². The molecule has 3 aromatic heterocycles. The van der Waals surface area contributed by atoms with Crippen LogP contribution in [0.5, 0.6) is 0 Å². The molecule has 0 radical (unpaired) electrons. The van der Waals surface area contributed by atoms with Gasteiger partial charge in [-0.15, -0.1) is 0 Å². The predicted octanol–water partition coefficient (Wildman–Crippen LogP) is 11.0. The van der Waals surface area contributed by atoms with E-state index >= 15 is 0 Å². The highest BCUT2D eigenvalue weighted by Gasteiger charge is 2.20. The highest BCUT2D eigenvalue weighted by atomic mass is 16.3. The van der Waals surface area contributed by atoms with Crippen LogP contribution >= 0.6 is 0 Å². The van der Waals surface area contributed by atoms with Gasteiger partial charge in [-0.2, -0.15) is 0 Å². The van der Waals surface area contributed by atoms with E-state index in [1.807, 2.05) is 72.8 Å². The summed E-state index contributed by atoms with van der Waals surface area (Å²) >= 11 is 0. The Morgan fingerprint density at radius 3 is 1.85 bits per heavy atom. The third-order valence-electron chi connectivity index (χ3n) is 9.24. The Morgan fingerprint density at radius 1 is 0.417 bits per heavy atom. The van der Waals surface area contributed by atoms with Crippen LogP contribution < -0.4 is 0 Å². The number of nitrogens with zero attached hydrogens (tertiary/aromatic N) is 4. The first-order chi connectivity index (χ1) is 23.8. The van der Waals surface area contributed by atoms with E-state index in [-0.39, 0.29) is 0 Å². The number of hydrogen-bond donors (Lipinski definition) is 0. The average Bonchev–Trinajstić information content (AvgIpc) is 3.71.